The molecular weight excluding hydrogens is 330 g/mol. The van der Waals surface area contributed by atoms with E-state index in [1.165, 1.54) is 6.21 Å². The van der Waals surface area contributed by atoms with Crippen molar-refractivity contribution in [3.63, 3.8) is 0 Å². The van der Waals surface area contributed by atoms with Crippen LogP contribution in [0.5, 0.6) is 5.75 Å². The Balaban J connectivity index is 1.70. The SMILES string of the molecule is COc1cccc(/C=N\N2C(=O)N[C@@](C)(CCc3ccccc3)C2=O)c1. The number of rotatable bonds is 6. The molecule has 0 unspecified atom stereocenters. The Morgan fingerprint density at radius 3 is 2.65 bits per heavy atom. The summed E-state index contributed by atoms with van der Waals surface area (Å²) in [7, 11) is 1.58. The Labute approximate surface area is 152 Å². The van der Waals surface area contributed by atoms with Crippen LogP contribution in [0.4, 0.5) is 4.79 Å². The minimum Gasteiger partial charge on any atom is -0.497 e. The highest BCUT2D eigenvalue weighted by molar-refractivity contribution is 6.07. The second kappa shape index (κ2) is 7.39. The summed E-state index contributed by atoms with van der Waals surface area (Å²) in [6.45, 7) is 1.73. The van der Waals surface area contributed by atoms with Crippen LogP contribution in [0.2, 0.25) is 0 Å². The molecule has 0 spiro atoms. The third kappa shape index (κ3) is 3.74. The van der Waals surface area contributed by atoms with Crippen LogP contribution in [0.1, 0.15) is 24.5 Å². The molecule has 26 heavy (non-hydrogen) atoms. The number of aryl methyl sites for hydroxylation is 1. The molecule has 1 heterocycles. The summed E-state index contributed by atoms with van der Waals surface area (Å²) in [5.41, 5.74) is 0.899. The summed E-state index contributed by atoms with van der Waals surface area (Å²) in [4.78, 5) is 24.9. The van der Waals surface area contributed by atoms with Crippen LogP contribution < -0.4 is 10.1 Å². The number of benzene rings is 2. The van der Waals surface area contributed by atoms with Gasteiger partial charge in [0.1, 0.15) is 11.3 Å². The molecule has 0 aliphatic carbocycles. The Morgan fingerprint density at radius 2 is 1.92 bits per heavy atom. The molecule has 0 aromatic heterocycles. The molecule has 0 bridgehead atoms. The van der Waals surface area contributed by atoms with Crippen LogP contribution in [-0.2, 0) is 11.2 Å². The van der Waals surface area contributed by atoms with Gasteiger partial charge in [0.25, 0.3) is 5.91 Å². The summed E-state index contributed by atoms with van der Waals surface area (Å²) in [6.07, 6.45) is 2.67. The first kappa shape index (κ1) is 17.7. The average molecular weight is 351 g/mol. The van der Waals surface area contributed by atoms with Gasteiger partial charge in [0.05, 0.1) is 13.3 Å². The smallest absolute Gasteiger partial charge is 0.346 e. The molecule has 0 radical (unpaired) electrons. The number of nitrogens with one attached hydrogen (secondary N) is 1. The number of carbonyl (C=O) groups excluding carboxylic acids is 2. The predicted octanol–water partition coefficient (Wildman–Crippen LogP) is 2.97. The van der Waals surface area contributed by atoms with E-state index in [9.17, 15) is 9.59 Å². The van der Waals surface area contributed by atoms with Gasteiger partial charge in [0.15, 0.2) is 0 Å². The Kier molecular flexibility index (Phi) is 5.02. The zero-order chi connectivity index (χ0) is 18.6. The van der Waals surface area contributed by atoms with Crippen molar-refractivity contribution in [3.8, 4) is 5.75 Å². The minimum absolute atomic E-state index is 0.349. The van der Waals surface area contributed by atoms with Crippen molar-refractivity contribution < 1.29 is 14.3 Å². The lowest BCUT2D eigenvalue weighted by Crippen LogP contribution is -2.44. The normalized spacial score (nSPS) is 19.8. The number of methoxy groups -OCH3 is 1. The van der Waals surface area contributed by atoms with Crippen molar-refractivity contribution in [1.29, 1.82) is 0 Å². The van der Waals surface area contributed by atoms with E-state index in [0.717, 1.165) is 16.1 Å². The van der Waals surface area contributed by atoms with Gasteiger partial charge in [-0.1, -0.05) is 42.5 Å². The second-order valence-electron chi connectivity index (χ2n) is 6.39. The molecule has 1 aliphatic rings. The van der Waals surface area contributed by atoms with E-state index in [1.54, 1.807) is 20.1 Å². The van der Waals surface area contributed by atoms with Gasteiger partial charge >= 0.3 is 6.03 Å². The van der Waals surface area contributed by atoms with Crippen molar-refractivity contribution in [2.24, 2.45) is 5.10 Å². The van der Waals surface area contributed by atoms with Crippen LogP contribution in [0.25, 0.3) is 0 Å². The number of hydrogen-bond acceptors (Lipinski definition) is 4. The lowest BCUT2D eigenvalue weighted by Gasteiger charge is -2.20. The van der Waals surface area contributed by atoms with Crippen molar-refractivity contribution in [1.82, 2.24) is 10.3 Å². The predicted molar refractivity (Wildman–Crippen MR) is 99.1 cm³/mol. The van der Waals surface area contributed by atoms with Crippen LogP contribution in [-0.4, -0.2) is 35.8 Å². The summed E-state index contributed by atoms with van der Waals surface area (Å²) >= 11 is 0. The maximum absolute atomic E-state index is 12.7. The van der Waals surface area contributed by atoms with Gasteiger partial charge in [-0.3, -0.25) is 4.79 Å². The molecule has 2 aromatic rings. The van der Waals surface area contributed by atoms with E-state index < -0.39 is 11.6 Å². The standard InChI is InChI=1S/C20H21N3O3/c1-20(12-11-15-7-4-3-5-8-15)18(24)23(19(25)22-20)21-14-16-9-6-10-17(13-16)26-2/h3-10,13-14H,11-12H2,1-2H3,(H,22,25)/b21-14-/t20-/m0/s1. The second-order valence-corrected chi connectivity index (χ2v) is 6.39. The molecule has 1 aliphatic heterocycles. The third-order valence-corrected chi connectivity index (χ3v) is 4.41. The van der Waals surface area contributed by atoms with Crippen molar-refractivity contribution in [3.05, 3.63) is 65.7 Å². The average Bonchev–Trinajstić information content (AvgIpc) is 2.88. The highest BCUT2D eigenvalue weighted by atomic mass is 16.5. The van der Waals surface area contributed by atoms with E-state index in [0.29, 0.717) is 18.6 Å². The first-order valence-corrected chi connectivity index (χ1v) is 8.40. The lowest BCUT2D eigenvalue weighted by atomic mass is 9.93. The molecule has 6 heteroatoms. The lowest BCUT2D eigenvalue weighted by molar-refractivity contribution is -0.130. The van der Waals surface area contributed by atoms with Crippen LogP contribution in [0, 0.1) is 0 Å². The van der Waals surface area contributed by atoms with Crippen LogP contribution >= 0.6 is 0 Å². The zero-order valence-corrected chi connectivity index (χ0v) is 14.8. The quantitative estimate of drug-likeness (QED) is 0.642. The van der Waals surface area contributed by atoms with Gasteiger partial charge in [-0.15, -0.1) is 5.01 Å². The highest BCUT2D eigenvalue weighted by Gasteiger charge is 2.47. The number of carbonyl (C=O) groups is 2. The first-order chi connectivity index (χ1) is 12.5. The number of hydrogen-bond donors (Lipinski definition) is 1. The third-order valence-electron chi connectivity index (χ3n) is 4.41. The van der Waals surface area contributed by atoms with E-state index in [4.69, 9.17) is 4.74 Å². The van der Waals surface area contributed by atoms with Gasteiger partial charge in [0, 0.05) is 0 Å². The molecule has 1 N–H and O–H groups in total. The van der Waals surface area contributed by atoms with Gasteiger partial charge in [-0.2, -0.15) is 5.10 Å². The first-order valence-electron chi connectivity index (χ1n) is 8.40. The maximum Gasteiger partial charge on any atom is 0.346 e. The molecule has 6 nitrogen and oxygen atoms in total. The molecule has 3 amide bonds. The highest BCUT2D eigenvalue weighted by Crippen LogP contribution is 2.23. The molecular formula is C20H21N3O3. The summed E-state index contributed by atoms with van der Waals surface area (Å²) in [6, 6.07) is 16.6. The Hall–Kier alpha value is -3.15. The van der Waals surface area contributed by atoms with Gasteiger partial charge < -0.3 is 10.1 Å². The molecule has 1 saturated heterocycles. The molecule has 1 atom stereocenters. The van der Waals surface area contributed by atoms with Gasteiger partial charge in [-0.25, -0.2) is 4.79 Å². The van der Waals surface area contributed by atoms with E-state index >= 15 is 0 Å². The molecule has 134 valence electrons. The largest absolute Gasteiger partial charge is 0.497 e. The number of urea groups is 1. The summed E-state index contributed by atoms with van der Waals surface area (Å²) in [5, 5.41) is 7.72. The van der Waals surface area contributed by atoms with E-state index in [2.05, 4.69) is 10.4 Å². The number of nitrogens with zero attached hydrogens (tertiary/aromatic N) is 2. The summed E-state index contributed by atoms with van der Waals surface area (Å²) in [5.74, 6) is 0.330. The fraction of sp³-hybridized carbons (Fsp3) is 0.250. The van der Waals surface area contributed by atoms with E-state index in [-0.39, 0.29) is 5.91 Å². The molecule has 1 fully saturated rings. The monoisotopic (exact) mass is 351 g/mol. The maximum atomic E-state index is 12.7. The Bertz CT molecular complexity index is 835. The number of amides is 3. The molecule has 2 aromatic carbocycles. The topological polar surface area (TPSA) is 71.0 Å². The van der Waals surface area contributed by atoms with Crippen LogP contribution in [0.3, 0.4) is 0 Å². The van der Waals surface area contributed by atoms with Crippen molar-refractivity contribution in [2.45, 2.75) is 25.3 Å². The Morgan fingerprint density at radius 1 is 1.15 bits per heavy atom. The number of ether oxygens (including phenoxy) is 1. The minimum atomic E-state index is -0.960. The van der Waals surface area contributed by atoms with Gasteiger partial charge in [0.2, 0.25) is 0 Å². The van der Waals surface area contributed by atoms with Crippen molar-refractivity contribution in [2.75, 3.05) is 7.11 Å². The summed E-state index contributed by atoms with van der Waals surface area (Å²) < 4.78 is 5.15. The number of hydrazone groups is 1. The number of imide groups is 1. The fourth-order valence-electron chi connectivity index (χ4n) is 2.83. The fourth-order valence-corrected chi connectivity index (χ4v) is 2.83. The van der Waals surface area contributed by atoms with Crippen molar-refractivity contribution >= 4 is 18.2 Å². The van der Waals surface area contributed by atoms with Gasteiger partial charge in [-0.05, 0) is 43.0 Å². The zero-order valence-electron chi connectivity index (χ0n) is 14.8. The van der Waals surface area contributed by atoms with E-state index in [1.807, 2.05) is 48.5 Å². The van der Waals surface area contributed by atoms with Crippen LogP contribution in [0.15, 0.2) is 59.7 Å². The molecule has 0 saturated carbocycles. The molecule has 3 rings (SSSR count).